The zero-order valence-corrected chi connectivity index (χ0v) is 10.7. The van der Waals surface area contributed by atoms with Gasteiger partial charge in [0.05, 0.1) is 12.8 Å². The van der Waals surface area contributed by atoms with E-state index in [1.807, 2.05) is 0 Å². The second-order valence-electron chi connectivity index (χ2n) is 3.66. The summed E-state index contributed by atoms with van der Waals surface area (Å²) in [7, 11) is -1.92. The molecule has 0 spiro atoms. The van der Waals surface area contributed by atoms with Crippen molar-refractivity contribution in [3.63, 3.8) is 0 Å². The summed E-state index contributed by atoms with van der Waals surface area (Å²) < 4.78 is 27.5. The van der Waals surface area contributed by atoms with E-state index in [0.717, 1.165) is 6.26 Å². The van der Waals surface area contributed by atoms with Crippen LogP contribution in [0.2, 0.25) is 0 Å². The van der Waals surface area contributed by atoms with Crippen molar-refractivity contribution in [2.24, 2.45) is 0 Å². The number of ether oxygens (including phenoxy) is 1. The molecular weight excluding hydrogens is 242 g/mol. The predicted octanol–water partition coefficient (Wildman–Crippen LogP) is 1.07. The third-order valence-corrected chi connectivity index (χ3v) is 3.87. The Labute approximate surface area is 101 Å². The van der Waals surface area contributed by atoms with E-state index in [9.17, 15) is 13.2 Å². The lowest BCUT2D eigenvalue weighted by atomic mass is 10.3. The van der Waals surface area contributed by atoms with Gasteiger partial charge in [-0.1, -0.05) is 12.1 Å². The van der Waals surface area contributed by atoms with Gasteiger partial charge in [0.2, 0.25) is 5.91 Å². The predicted molar refractivity (Wildman–Crippen MR) is 65.9 cm³/mol. The highest BCUT2D eigenvalue weighted by Gasteiger charge is 2.24. The van der Waals surface area contributed by atoms with Crippen molar-refractivity contribution in [1.29, 1.82) is 0 Å². The van der Waals surface area contributed by atoms with Crippen LogP contribution in [-0.2, 0) is 14.6 Å². The number of amides is 1. The highest BCUT2D eigenvalue weighted by Crippen LogP contribution is 2.23. The number of nitrogens with one attached hydrogen (secondary N) is 1. The zero-order chi connectivity index (χ0) is 13.1. The summed E-state index contributed by atoms with van der Waals surface area (Å²) in [6.45, 7) is 1.35. The van der Waals surface area contributed by atoms with Gasteiger partial charge in [-0.3, -0.25) is 4.79 Å². The van der Waals surface area contributed by atoms with Gasteiger partial charge in [0.15, 0.2) is 9.84 Å². The van der Waals surface area contributed by atoms with Gasteiger partial charge in [-0.15, -0.1) is 0 Å². The average Bonchev–Trinajstić information content (AvgIpc) is 2.27. The third kappa shape index (κ3) is 3.45. The summed E-state index contributed by atoms with van der Waals surface area (Å²) in [6, 6.07) is 6.81. The largest absolute Gasteiger partial charge is 0.495 e. The van der Waals surface area contributed by atoms with Crippen LogP contribution in [0.15, 0.2) is 24.3 Å². The summed E-state index contributed by atoms with van der Waals surface area (Å²) in [4.78, 5) is 11.7. The normalized spacial score (nSPS) is 12.9. The van der Waals surface area contributed by atoms with Crippen molar-refractivity contribution in [2.45, 2.75) is 12.2 Å². The molecule has 0 heterocycles. The molecule has 1 aromatic rings. The van der Waals surface area contributed by atoms with Gasteiger partial charge in [0.25, 0.3) is 0 Å². The van der Waals surface area contributed by atoms with Crippen LogP contribution in [0.25, 0.3) is 0 Å². The van der Waals surface area contributed by atoms with Gasteiger partial charge in [-0.25, -0.2) is 8.42 Å². The van der Waals surface area contributed by atoms with Crippen LogP contribution >= 0.6 is 0 Å². The molecule has 1 amide bonds. The molecule has 1 rings (SSSR count). The van der Waals surface area contributed by atoms with Crippen LogP contribution in [0.3, 0.4) is 0 Å². The molecule has 0 saturated carbocycles. The molecule has 0 unspecified atom stereocenters. The number of carbonyl (C=O) groups is 1. The SMILES string of the molecule is COc1ccccc1NC(=O)[C@H](C)S(C)(=O)=O. The molecule has 17 heavy (non-hydrogen) atoms. The minimum absolute atomic E-state index is 0.454. The first-order chi connectivity index (χ1) is 7.86. The number of para-hydroxylation sites is 2. The standard InChI is InChI=1S/C11H15NO4S/c1-8(17(3,14)15)11(13)12-9-6-4-5-7-10(9)16-2/h4-8H,1-3H3,(H,12,13)/t8-/m0/s1. The van der Waals surface area contributed by atoms with Crippen LogP contribution in [-0.4, -0.2) is 32.9 Å². The molecule has 1 atom stereocenters. The Balaban J connectivity index is 2.89. The van der Waals surface area contributed by atoms with Crippen molar-refractivity contribution in [3.8, 4) is 5.75 Å². The minimum atomic E-state index is -3.39. The number of carbonyl (C=O) groups excluding carboxylic acids is 1. The van der Waals surface area contributed by atoms with E-state index in [1.165, 1.54) is 14.0 Å². The molecule has 0 bridgehead atoms. The maximum Gasteiger partial charge on any atom is 0.242 e. The molecule has 0 fully saturated rings. The van der Waals surface area contributed by atoms with Crippen LogP contribution in [0.5, 0.6) is 5.75 Å². The lowest BCUT2D eigenvalue weighted by Gasteiger charge is -2.12. The van der Waals surface area contributed by atoms with Crippen molar-refractivity contribution in [3.05, 3.63) is 24.3 Å². The van der Waals surface area contributed by atoms with Crippen LogP contribution < -0.4 is 10.1 Å². The fourth-order valence-electron chi connectivity index (χ4n) is 1.18. The number of hydrogen-bond donors (Lipinski definition) is 1. The fourth-order valence-corrected chi connectivity index (χ4v) is 1.62. The Morgan fingerprint density at radius 3 is 2.47 bits per heavy atom. The molecule has 0 saturated heterocycles. The van der Waals surface area contributed by atoms with Gasteiger partial charge < -0.3 is 10.1 Å². The maximum atomic E-state index is 11.7. The Bertz CT molecular complexity index is 510. The monoisotopic (exact) mass is 257 g/mol. The summed E-state index contributed by atoms with van der Waals surface area (Å²) in [5.74, 6) is -0.0847. The second kappa shape index (κ2) is 5.18. The van der Waals surface area contributed by atoms with Gasteiger partial charge in [0.1, 0.15) is 11.0 Å². The van der Waals surface area contributed by atoms with Crippen molar-refractivity contribution in [2.75, 3.05) is 18.7 Å². The second-order valence-corrected chi connectivity index (χ2v) is 6.03. The summed E-state index contributed by atoms with van der Waals surface area (Å²) in [6.07, 6.45) is 1.03. The zero-order valence-electron chi connectivity index (χ0n) is 9.93. The lowest BCUT2D eigenvalue weighted by molar-refractivity contribution is -0.115. The topological polar surface area (TPSA) is 72.5 Å². The molecule has 6 heteroatoms. The van der Waals surface area contributed by atoms with E-state index < -0.39 is 21.0 Å². The first-order valence-corrected chi connectivity index (χ1v) is 6.94. The first kappa shape index (κ1) is 13.5. The van der Waals surface area contributed by atoms with Gasteiger partial charge in [-0.05, 0) is 19.1 Å². The van der Waals surface area contributed by atoms with Crippen molar-refractivity contribution < 1.29 is 17.9 Å². The number of rotatable bonds is 4. The highest BCUT2D eigenvalue weighted by atomic mass is 32.2. The van der Waals surface area contributed by atoms with Crippen LogP contribution in [0.4, 0.5) is 5.69 Å². The Morgan fingerprint density at radius 1 is 1.35 bits per heavy atom. The van der Waals surface area contributed by atoms with E-state index in [-0.39, 0.29) is 0 Å². The summed E-state index contributed by atoms with van der Waals surface area (Å²) in [5, 5.41) is 1.43. The molecule has 0 aliphatic heterocycles. The molecule has 0 aliphatic rings. The van der Waals surface area contributed by atoms with E-state index in [2.05, 4.69) is 5.32 Å². The molecule has 0 radical (unpaired) electrons. The van der Waals surface area contributed by atoms with Crippen molar-refractivity contribution >= 4 is 21.4 Å². The quantitative estimate of drug-likeness (QED) is 0.875. The van der Waals surface area contributed by atoms with E-state index in [0.29, 0.717) is 11.4 Å². The average molecular weight is 257 g/mol. The third-order valence-electron chi connectivity index (χ3n) is 2.38. The van der Waals surface area contributed by atoms with Gasteiger partial charge in [0, 0.05) is 6.26 Å². The number of hydrogen-bond acceptors (Lipinski definition) is 4. The van der Waals surface area contributed by atoms with E-state index in [4.69, 9.17) is 4.74 Å². The maximum absolute atomic E-state index is 11.7. The Morgan fingerprint density at radius 2 is 1.94 bits per heavy atom. The molecule has 94 valence electrons. The van der Waals surface area contributed by atoms with Gasteiger partial charge >= 0.3 is 0 Å². The number of benzene rings is 1. The fraction of sp³-hybridized carbons (Fsp3) is 0.364. The van der Waals surface area contributed by atoms with Crippen LogP contribution in [0, 0.1) is 0 Å². The lowest BCUT2D eigenvalue weighted by Crippen LogP contribution is -2.31. The Hall–Kier alpha value is -1.56. The van der Waals surface area contributed by atoms with Crippen LogP contribution in [0.1, 0.15) is 6.92 Å². The molecular formula is C11H15NO4S. The highest BCUT2D eigenvalue weighted by molar-refractivity contribution is 7.92. The van der Waals surface area contributed by atoms with Crippen molar-refractivity contribution in [1.82, 2.24) is 0 Å². The van der Waals surface area contributed by atoms with E-state index in [1.54, 1.807) is 24.3 Å². The molecule has 1 aromatic carbocycles. The molecule has 1 N–H and O–H groups in total. The smallest absolute Gasteiger partial charge is 0.242 e. The van der Waals surface area contributed by atoms with E-state index >= 15 is 0 Å². The summed E-state index contributed by atoms with van der Waals surface area (Å²) in [5.41, 5.74) is 0.454. The molecule has 5 nitrogen and oxygen atoms in total. The summed E-state index contributed by atoms with van der Waals surface area (Å²) >= 11 is 0. The molecule has 0 aliphatic carbocycles. The number of methoxy groups -OCH3 is 1. The minimum Gasteiger partial charge on any atom is -0.495 e. The molecule has 0 aromatic heterocycles. The van der Waals surface area contributed by atoms with Gasteiger partial charge in [-0.2, -0.15) is 0 Å². The number of sulfone groups is 1. The Kier molecular flexibility index (Phi) is 4.11. The number of anilines is 1. The first-order valence-electron chi connectivity index (χ1n) is 4.99.